The van der Waals surface area contributed by atoms with Crippen molar-refractivity contribution in [2.45, 2.75) is 13.8 Å². The Kier molecular flexibility index (Phi) is 15.7. The maximum Gasteiger partial charge on any atom is 0.397 e. The van der Waals surface area contributed by atoms with E-state index in [1.807, 2.05) is 13.8 Å². The van der Waals surface area contributed by atoms with Crippen molar-refractivity contribution in [3.63, 3.8) is 0 Å². The lowest BCUT2D eigenvalue weighted by Gasteiger charge is -1.84. The summed E-state index contributed by atoms with van der Waals surface area (Å²) in [7, 11) is -4.14. The minimum Gasteiger partial charge on any atom is -0.370 e. The number of guanidine groups is 2. The van der Waals surface area contributed by atoms with Crippen LogP contribution in [0.25, 0.3) is 0 Å². The van der Waals surface area contributed by atoms with Crippen molar-refractivity contribution in [3.8, 4) is 0 Å². The molecule has 0 atom stereocenters. The molecule has 0 bridgehead atoms. The lowest BCUT2D eigenvalue weighted by Crippen LogP contribution is -2.22. The smallest absolute Gasteiger partial charge is 0.370 e. The maximum absolute atomic E-state index is 9.10. The zero-order valence-corrected chi connectivity index (χ0v) is 10.8. The van der Waals surface area contributed by atoms with Crippen LogP contribution in [0.1, 0.15) is 13.8 Å². The topological polar surface area (TPSA) is 212 Å². The fourth-order valence-electron chi connectivity index (χ4n) is 0.365. The van der Waals surface area contributed by atoms with Gasteiger partial charge in [0.1, 0.15) is 0 Å². The van der Waals surface area contributed by atoms with Crippen molar-refractivity contribution in [1.82, 2.24) is 0 Å². The highest BCUT2D eigenvalue weighted by atomic mass is 31.2. The Labute approximate surface area is 100 Å². The monoisotopic (exact) mass is 271 g/mol. The normalized spacial score (nSPS) is 8.76. The van der Waals surface area contributed by atoms with E-state index in [2.05, 4.69) is 15.5 Å². The molecule has 12 N–H and O–H groups in total. The first-order valence-electron chi connectivity index (χ1n) is 4.49. The molecule has 11 heteroatoms. The van der Waals surface area contributed by atoms with Gasteiger partial charge < -0.3 is 32.7 Å². The zero-order chi connectivity index (χ0) is 14.5. The lowest BCUT2D eigenvalue weighted by molar-refractivity contribution is 0.374. The number of hydrogen-bond donors (Lipinski definition) is 7. The first-order valence-corrected chi connectivity index (χ1v) is 6.17. The van der Waals surface area contributed by atoms with Crippen LogP contribution in [0.2, 0.25) is 0 Å². The summed E-state index contributed by atoms with van der Waals surface area (Å²) in [5.74, 6) is 0.329. The molecule has 0 spiro atoms. The van der Waals surface area contributed by atoms with Crippen LogP contribution in [0.3, 0.4) is 0 Å². The Morgan fingerprint density at radius 3 is 1.18 bits per heavy atom. The molecule has 0 aromatic heterocycles. The van der Waals surface area contributed by atoms with Crippen molar-refractivity contribution >= 4 is 19.7 Å². The average molecular weight is 271 g/mol. The van der Waals surface area contributed by atoms with E-state index in [0.717, 1.165) is 0 Å². The molecule has 0 aliphatic carbocycles. The second-order valence-electron chi connectivity index (χ2n) is 2.39. The predicted molar refractivity (Wildman–Crippen MR) is 68.9 cm³/mol. The Bertz CT molecular complexity index is 241. The van der Waals surface area contributed by atoms with E-state index in [0.29, 0.717) is 13.1 Å². The van der Waals surface area contributed by atoms with Crippen LogP contribution in [0.5, 0.6) is 0 Å². The fraction of sp³-hybridized carbons (Fsp3) is 0.667. The molecule has 0 radical (unpaired) electrons. The van der Waals surface area contributed by atoms with Crippen molar-refractivity contribution in [2.75, 3.05) is 13.1 Å². The van der Waals surface area contributed by atoms with Crippen LogP contribution in [0.4, 0.5) is 0 Å². The standard InChI is InChI=1S/2C3H9N3.H4NO3P/c2*1-2-6-3(4)5;1-5(2,3)4/h2*2H2,1H3,(H4,4,5,6);(H4,1,2,3,4). The van der Waals surface area contributed by atoms with Gasteiger partial charge in [0, 0.05) is 13.1 Å². The Morgan fingerprint density at radius 2 is 1.18 bits per heavy atom. The summed E-state index contributed by atoms with van der Waals surface area (Å²) in [5.41, 5.74) is 23.7. The summed E-state index contributed by atoms with van der Waals surface area (Å²) in [6.07, 6.45) is 0. The Morgan fingerprint density at radius 1 is 1.00 bits per heavy atom. The van der Waals surface area contributed by atoms with E-state index in [4.69, 9.17) is 37.3 Å². The van der Waals surface area contributed by atoms with Gasteiger partial charge in [0.25, 0.3) is 0 Å². The molecule has 0 rings (SSSR count). The minimum absolute atomic E-state index is 0.164. The number of rotatable bonds is 2. The van der Waals surface area contributed by atoms with E-state index in [1.165, 1.54) is 0 Å². The molecule has 0 unspecified atom stereocenters. The van der Waals surface area contributed by atoms with Crippen LogP contribution in [0, 0.1) is 0 Å². The van der Waals surface area contributed by atoms with E-state index >= 15 is 0 Å². The second kappa shape index (κ2) is 12.7. The van der Waals surface area contributed by atoms with Crippen LogP contribution >= 0.6 is 7.75 Å². The molecular formula is C6H22N7O3P. The van der Waals surface area contributed by atoms with Gasteiger partial charge in [-0.15, -0.1) is 0 Å². The second-order valence-corrected chi connectivity index (χ2v) is 3.57. The van der Waals surface area contributed by atoms with Gasteiger partial charge in [-0.2, -0.15) is 0 Å². The Hall–Kier alpha value is -1.35. The number of aliphatic imine (C=N–C) groups is 2. The maximum atomic E-state index is 9.10. The van der Waals surface area contributed by atoms with Gasteiger partial charge >= 0.3 is 7.75 Å². The molecular weight excluding hydrogens is 249 g/mol. The van der Waals surface area contributed by atoms with Crippen LogP contribution < -0.4 is 28.4 Å². The summed E-state index contributed by atoms with van der Waals surface area (Å²) in [4.78, 5) is 22.0. The molecule has 104 valence electrons. The van der Waals surface area contributed by atoms with Gasteiger partial charge in [0.2, 0.25) is 0 Å². The molecule has 0 saturated carbocycles. The molecule has 17 heavy (non-hydrogen) atoms. The van der Waals surface area contributed by atoms with Crippen LogP contribution in [0.15, 0.2) is 9.98 Å². The zero-order valence-electron chi connectivity index (χ0n) is 9.95. The highest BCUT2D eigenvalue weighted by Gasteiger charge is 1.96. The molecule has 0 saturated heterocycles. The largest absolute Gasteiger partial charge is 0.397 e. The molecule has 0 heterocycles. The van der Waals surface area contributed by atoms with Gasteiger partial charge in [0.15, 0.2) is 11.9 Å². The summed E-state index contributed by atoms with van der Waals surface area (Å²) in [5, 5.41) is 0. The third-order valence-electron chi connectivity index (χ3n) is 0.681. The van der Waals surface area contributed by atoms with Crippen molar-refractivity contribution in [2.24, 2.45) is 38.4 Å². The van der Waals surface area contributed by atoms with E-state index in [-0.39, 0.29) is 11.9 Å². The summed E-state index contributed by atoms with van der Waals surface area (Å²) >= 11 is 0. The highest BCUT2D eigenvalue weighted by molar-refractivity contribution is 7.49. The number of nitrogens with zero attached hydrogens (tertiary/aromatic N) is 2. The van der Waals surface area contributed by atoms with E-state index in [9.17, 15) is 0 Å². The van der Waals surface area contributed by atoms with Crippen LogP contribution in [-0.4, -0.2) is 34.8 Å². The summed E-state index contributed by atoms with van der Waals surface area (Å²) < 4.78 is 9.10. The lowest BCUT2D eigenvalue weighted by atomic mass is 10.8. The first-order chi connectivity index (χ1) is 7.54. The van der Waals surface area contributed by atoms with Gasteiger partial charge in [-0.05, 0) is 13.8 Å². The summed E-state index contributed by atoms with van der Waals surface area (Å²) in [6.45, 7) is 5.09. The van der Waals surface area contributed by atoms with Gasteiger partial charge in [-0.25, -0.2) is 10.1 Å². The van der Waals surface area contributed by atoms with Crippen molar-refractivity contribution < 1.29 is 14.4 Å². The third-order valence-corrected chi connectivity index (χ3v) is 0.681. The molecule has 0 aliphatic heterocycles. The number of nitrogens with two attached hydrogens (primary N) is 5. The van der Waals surface area contributed by atoms with Gasteiger partial charge in [0.05, 0.1) is 0 Å². The fourth-order valence-corrected chi connectivity index (χ4v) is 0.365. The van der Waals surface area contributed by atoms with E-state index < -0.39 is 7.75 Å². The molecule has 0 aromatic rings. The number of hydrogen-bond acceptors (Lipinski definition) is 3. The molecule has 0 amide bonds. The summed E-state index contributed by atoms with van der Waals surface area (Å²) in [6, 6.07) is 0. The SMILES string of the molecule is CCN=C(N)N.CCN=C(N)N.NP(=O)(O)O. The molecule has 0 aromatic carbocycles. The molecule has 10 nitrogen and oxygen atoms in total. The Balaban J connectivity index is -0.000000174. The van der Waals surface area contributed by atoms with Crippen molar-refractivity contribution in [3.05, 3.63) is 0 Å². The minimum atomic E-state index is -4.14. The quantitative estimate of drug-likeness (QED) is 0.163. The first kappa shape index (κ1) is 21.0. The third kappa shape index (κ3) is 108. The highest BCUT2D eigenvalue weighted by Crippen LogP contribution is 2.20. The van der Waals surface area contributed by atoms with Gasteiger partial charge in [-0.3, -0.25) is 9.98 Å². The van der Waals surface area contributed by atoms with E-state index in [1.54, 1.807) is 0 Å². The van der Waals surface area contributed by atoms with Crippen LogP contribution in [-0.2, 0) is 4.57 Å². The van der Waals surface area contributed by atoms with Crippen molar-refractivity contribution in [1.29, 1.82) is 0 Å². The predicted octanol–water partition coefficient (Wildman–Crippen LogP) is -2.40. The van der Waals surface area contributed by atoms with Gasteiger partial charge in [-0.1, -0.05) is 0 Å². The molecule has 0 fully saturated rings. The molecule has 0 aliphatic rings. The average Bonchev–Trinajstić information content (AvgIpc) is 2.00.